The van der Waals surface area contributed by atoms with E-state index in [1.165, 1.54) is 0 Å². The lowest BCUT2D eigenvalue weighted by atomic mass is 10.2. The van der Waals surface area contributed by atoms with E-state index in [1.54, 1.807) is 30.6 Å². The Morgan fingerprint density at radius 2 is 1.61 bits per heavy atom. The topological polar surface area (TPSA) is 119 Å². The van der Waals surface area contributed by atoms with Crippen LogP contribution in [-0.2, 0) is 20.9 Å². The molecule has 0 unspecified atom stereocenters. The van der Waals surface area contributed by atoms with Crippen LogP contribution < -0.4 is 25.4 Å². The van der Waals surface area contributed by atoms with E-state index in [0.29, 0.717) is 42.6 Å². The van der Waals surface area contributed by atoms with Crippen LogP contribution in [0.3, 0.4) is 0 Å². The molecule has 3 rings (SSSR count). The van der Waals surface area contributed by atoms with E-state index in [4.69, 9.17) is 9.47 Å². The van der Waals surface area contributed by atoms with Crippen molar-refractivity contribution in [1.29, 1.82) is 0 Å². The summed E-state index contributed by atoms with van der Waals surface area (Å²) < 4.78 is 11.4. The van der Waals surface area contributed by atoms with Crippen LogP contribution >= 0.6 is 0 Å². The molecule has 1 saturated carbocycles. The van der Waals surface area contributed by atoms with Gasteiger partial charge >= 0.3 is 0 Å². The van der Waals surface area contributed by atoms with E-state index in [-0.39, 0.29) is 36.5 Å². The van der Waals surface area contributed by atoms with Gasteiger partial charge in [-0.05, 0) is 38.3 Å². The van der Waals surface area contributed by atoms with Crippen LogP contribution in [-0.4, -0.2) is 35.9 Å². The number of nitrogens with one attached hydrogen (secondary N) is 3. The van der Waals surface area contributed by atoms with Crippen molar-refractivity contribution in [2.75, 3.05) is 23.8 Å². The average molecular weight is 455 g/mol. The predicted octanol–water partition coefficient (Wildman–Crippen LogP) is 3.26. The molecular weight excluding hydrogens is 424 g/mol. The van der Waals surface area contributed by atoms with Crippen LogP contribution in [0.4, 0.5) is 11.4 Å². The van der Waals surface area contributed by atoms with Crippen LogP contribution in [0.15, 0.2) is 36.7 Å². The number of aromatic nitrogens is 1. The predicted molar refractivity (Wildman–Crippen MR) is 124 cm³/mol. The van der Waals surface area contributed by atoms with E-state index in [1.807, 2.05) is 19.9 Å². The molecule has 0 saturated heterocycles. The lowest BCUT2D eigenvalue weighted by Gasteiger charge is -2.18. The van der Waals surface area contributed by atoms with Gasteiger partial charge in [0.2, 0.25) is 17.7 Å². The Hall–Kier alpha value is -3.62. The highest BCUT2D eigenvalue weighted by Gasteiger charge is 2.30. The fraction of sp³-hybridized carbons (Fsp3) is 0.417. The van der Waals surface area contributed by atoms with Crippen LogP contribution in [0.25, 0.3) is 0 Å². The smallest absolute Gasteiger partial charge is 0.227 e. The molecule has 1 aromatic carbocycles. The molecule has 0 aliphatic heterocycles. The molecule has 0 spiro atoms. The number of hydrogen-bond donors (Lipinski definition) is 3. The second-order valence-electron chi connectivity index (χ2n) is 7.66. The van der Waals surface area contributed by atoms with Crippen molar-refractivity contribution >= 4 is 29.1 Å². The summed E-state index contributed by atoms with van der Waals surface area (Å²) in [6.07, 6.45) is 5.17. The molecule has 1 aliphatic carbocycles. The number of ether oxygens (including phenoxy) is 2. The molecule has 2 aromatic rings. The zero-order valence-electron chi connectivity index (χ0n) is 19.0. The zero-order valence-corrected chi connectivity index (χ0v) is 19.0. The highest BCUT2D eigenvalue weighted by molar-refractivity contribution is 5.98. The molecule has 0 radical (unpaired) electrons. The van der Waals surface area contributed by atoms with Gasteiger partial charge in [0.25, 0.3) is 0 Å². The number of nitrogens with zero attached hydrogens (tertiary/aromatic N) is 1. The lowest BCUT2D eigenvalue weighted by molar-refractivity contribution is -0.124. The maximum absolute atomic E-state index is 12.5. The summed E-state index contributed by atoms with van der Waals surface area (Å²) in [5.74, 6) is 0.295. The van der Waals surface area contributed by atoms with Crippen molar-refractivity contribution in [3.05, 3.63) is 42.2 Å². The number of hydrogen-bond acceptors (Lipinski definition) is 6. The van der Waals surface area contributed by atoms with E-state index in [2.05, 4.69) is 20.9 Å². The average Bonchev–Trinajstić information content (AvgIpc) is 3.65. The summed E-state index contributed by atoms with van der Waals surface area (Å²) >= 11 is 0. The quantitative estimate of drug-likeness (QED) is 0.453. The second kappa shape index (κ2) is 11.8. The Morgan fingerprint density at radius 3 is 2.18 bits per heavy atom. The summed E-state index contributed by atoms with van der Waals surface area (Å²) in [5, 5.41) is 8.45. The van der Waals surface area contributed by atoms with Crippen molar-refractivity contribution in [3.8, 4) is 11.5 Å². The third-order valence-electron chi connectivity index (χ3n) is 4.95. The third-order valence-corrected chi connectivity index (χ3v) is 4.95. The van der Waals surface area contributed by atoms with E-state index >= 15 is 0 Å². The highest BCUT2D eigenvalue weighted by Crippen LogP contribution is 2.38. The van der Waals surface area contributed by atoms with E-state index < -0.39 is 0 Å². The van der Waals surface area contributed by atoms with Crippen molar-refractivity contribution in [1.82, 2.24) is 10.3 Å². The normalized spacial score (nSPS) is 12.5. The minimum Gasteiger partial charge on any atom is -0.492 e. The van der Waals surface area contributed by atoms with Gasteiger partial charge in [0, 0.05) is 49.8 Å². The van der Waals surface area contributed by atoms with Crippen molar-refractivity contribution in [2.24, 2.45) is 5.92 Å². The first-order chi connectivity index (χ1) is 16.0. The summed E-state index contributed by atoms with van der Waals surface area (Å²) in [5.41, 5.74) is 1.81. The Labute approximate surface area is 193 Å². The molecule has 0 bridgehead atoms. The Balaban J connectivity index is 1.61. The zero-order chi connectivity index (χ0) is 23.6. The van der Waals surface area contributed by atoms with Crippen molar-refractivity contribution < 1.29 is 23.9 Å². The first kappa shape index (κ1) is 24.0. The van der Waals surface area contributed by atoms with Crippen LogP contribution in [0.2, 0.25) is 0 Å². The number of carbonyl (C=O) groups is 3. The molecule has 176 valence electrons. The van der Waals surface area contributed by atoms with E-state index in [9.17, 15) is 14.4 Å². The fourth-order valence-corrected chi connectivity index (χ4v) is 3.12. The maximum Gasteiger partial charge on any atom is 0.227 e. The Bertz CT molecular complexity index is 976. The molecule has 9 heteroatoms. The van der Waals surface area contributed by atoms with Gasteiger partial charge in [-0.25, -0.2) is 0 Å². The second-order valence-corrected chi connectivity index (χ2v) is 7.66. The molecule has 1 heterocycles. The van der Waals surface area contributed by atoms with Crippen LogP contribution in [0, 0.1) is 5.92 Å². The van der Waals surface area contributed by atoms with Gasteiger partial charge in [-0.1, -0.05) is 6.07 Å². The summed E-state index contributed by atoms with van der Waals surface area (Å²) in [7, 11) is 0. The summed E-state index contributed by atoms with van der Waals surface area (Å²) in [6, 6.07) is 6.95. The Kier molecular flexibility index (Phi) is 8.63. The van der Waals surface area contributed by atoms with Gasteiger partial charge < -0.3 is 25.4 Å². The molecule has 9 nitrogen and oxygen atoms in total. The van der Waals surface area contributed by atoms with Gasteiger partial charge in [-0.15, -0.1) is 0 Å². The van der Waals surface area contributed by atoms with E-state index in [0.717, 1.165) is 18.4 Å². The highest BCUT2D eigenvalue weighted by atomic mass is 16.5. The van der Waals surface area contributed by atoms with Gasteiger partial charge in [-0.3, -0.25) is 19.4 Å². The van der Waals surface area contributed by atoms with Gasteiger partial charge in [0.1, 0.15) is 11.5 Å². The monoisotopic (exact) mass is 454 g/mol. The molecule has 0 atom stereocenters. The molecule has 1 aromatic heterocycles. The fourth-order valence-electron chi connectivity index (χ4n) is 3.12. The minimum atomic E-state index is -0.329. The summed E-state index contributed by atoms with van der Waals surface area (Å²) in [4.78, 5) is 40.8. The minimum absolute atomic E-state index is 0.00851. The van der Waals surface area contributed by atoms with Gasteiger partial charge in [-0.2, -0.15) is 0 Å². The van der Waals surface area contributed by atoms with Crippen molar-refractivity contribution in [2.45, 2.75) is 46.1 Å². The third kappa shape index (κ3) is 7.48. The van der Waals surface area contributed by atoms with Gasteiger partial charge in [0.05, 0.1) is 24.6 Å². The van der Waals surface area contributed by atoms with Gasteiger partial charge in [0.15, 0.2) is 0 Å². The molecule has 3 amide bonds. The number of pyridine rings is 1. The first-order valence-electron chi connectivity index (χ1n) is 11.2. The number of carbonyl (C=O) groups excluding carboxylic acids is 3. The number of rotatable bonds is 12. The summed E-state index contributed by atoms with van der Waals surface area (Å²) in [6.45, 7) is 4.80. The number of anilines is 2. The number of amides is 3. The Morgan fingerprint density at radius 1 is 0.970 bits per heavy atom. The van der Waals surface area contributed by atoms with Crippen LogP contribution in [0.5, 0.6) is 11.5 Å². The first-order valence-corrected chi connectivity index (χ1v) is 11.2. The molecular formula is C24H30N4O5. The molecule has 1 fully saturated rings. The standard InChI is InChI=1S/C24H30N4O5/c1-3-32-20-13-19(28-24(31)17-7-8-17)21(33-4-2)12-18(20)27-23(30)10-9-22(29)26-15-16-6-5-11-25-14-16/h5-6,11-14,17H,3-4,7-10,15H2,1-2H3,(H,26,29)(H,27,30)(H,28,31). The lowest BCUT2D eigenvalue weighted by Crippen LogP contribution is -2.24. The largest absolute Gasteiger partial charge is 0.492 e. The maximum atomic E-state index is 12.5. The van der Waals surface area contributed by atoms with Crippen LogP contribution in [0.1, 0.15) is 45.1 Å². The molecule has 1 aliphatic rings. The van der Waals surface area contributed by atoms with Crippen molar-refractivity contribution in [3.63, 3.8) is 0 Å². The molecule has 3 N–H and O–H groups in total. The SMILES string of the molecule is CCOc1cc(NC(=O)C2CC2)c(OCC)cc1NC(=O)CCC(=O)NCc1cccnc1. The number of benzene rings is 1. The molecule has 33 heavy (non-hydrogen) atoms.